The van der Waals surface area contributed by atoms with E-state index in [0.717, 1.165) is 22.0 Å². The Bertz CT molecular complexity index is 975. The van der Waals surface area contributed by atoms with Crippen LogP contribution in [-0.2, 0) is 10.2 Å². The van der Waals surface area contributed by atoms with Gasteiger partial charge in [0.15, 0.2) is 11.0 Å². The van der Waals surface area contributed by atoms with Crippen LogP contribution in [0.4, 0.5) is 17.3 Å². The van der Waals surface area contributed by atoms with E-state index in [1.54, 1.807) is 0 Å². The van der Waals surface area contributed by atoms with E-state index in [4.69, 9.17) is 4.98 Å². The quantitative estimate of drug-likeness (QED) is 0.543. The fourth-order valence-electron chi connectivity index (χ4n) is 2.45. The SMILES string of the molecule is CC(=O)Nc1ccc(Sc2nc(Nc3cc(C)[nH]n3)cc(C(C)(C)C)n2)cc1. The third-order valence-electron chi connectivity index (χ3n) is 3.82. The zero-order valence-corrected chi connectivity index (χ0v) is 17.4. The molecule has 0 aliphatic rings. The highest BCUT2D eigenvalue weighted by Gasteiger charge is 2.19. The number of rotatable bonds is 5. The maximum atomic E-state index is 11.2. The van der Waals surface area contributed by atoms with Crippen molar-refractivity contribution in [2.75, 3.05) is 10.6 Å². The molecule has 0 saturated heterocycles. The van der Waals surface area contributed by atoms with Crippen molar-refractivity contribution in [1.82, 2.24) is 20.2 Å². The molecule has 146 valence electrons. The summed E-state index contributed by atoms with van der Waals surface area (Å²) in [6, 6.07) is 11.5. The number of aromatic amines is 1. The number of H-pyrrole nitrogens is 1. The molecule has 1 amide bonds. The average Bonchev–Trinajstić information content (AvgIpc) is 3.00. The van der Waals surface area contributed by atoms with E-state index in [1.165, 1.54) is 18.7 Å². The molecule has 2 heterocycles. The minimum Gasteiger partial charge on any atom is -0.326 e. The minimum atomic E-state index is -0.120. The summed E-state index contributed by atoms with van der Waals surface area (Å²) in [5, 5.41) is 13.8. The van der Waals surface area contributed by atoms with Crippen molar-refractivity contribution < 1.29 is 4.79 Å². The van der Waals surface area contributed by atoms with Gasteiger partial charge < -0.3 is 10.6 Å². The Balaban J connectivity index is 1.86. The summed E-state index contributed by atoms with van der Waals surface area (Å²) >= 11 is 1.47. The molecule has 0 radical (unpaired) electrons. The number of carbonyl (C=O) groups is 1. The van der Waals surface area contributed by atoms with Gasteiger partial charge in [-0.05, 0) is 43.0 Å². The summed E-state index contributed by atoms with van der Waals surface area (Å²) in [6.07, 6.45) is 0. The van der Waals surface area contributed by atoms with Gasteiger partial charge in [-0.1, -0.05) is 20.8 Å². The number of nitrogens with zero attached hydrogens (tertiary/aromatic N) is 3. The van der Waals surface area contributed by atoms with Gasteiger partial charge in [0, 0.05) is 40.7 Å². The Morgan fingerprint density at radius 3 is 2.36 bits per heavy atom. The zero-order chi connectivity index (χ0) is 20.3. The lowest BCUT2D eigenvalue weighted by Gasteiger charge is -2.19. The Morgan fingerprint density at radius 2 is 1.79 bits per heavy atom. The Hall–Kier alpha value is -2.87. The van der Waals surface area contributed by atoms with Crippen LogP contribution >= 0.6 is 11.8 Å². The molecule has 0 spiro atoms. The van der Waals surface area contributed by atoms with Crippen molar-refractivity contribution in [2.45, 2.75) is 50.1 Å². The first kappa shape index (κ1) is 19.9. The van der Waals surface area contributed by atoms with Crippen LogP contribution in [0.25, 0.3) is 0 Å². The third kappa shape index (κ3) is 5.32. The fourth-order valence-corrected chi connectivity index (χ4v) is 3.22. The van der Waals surface area contributed by atoms with Gasteiger partial charge in [-0.25, -0.2) is 9.97 Å². The molecule has 3 aromatic rings. The molecule has 3 rings (SSSR count). The number of benzene rings is 1. The first-order chi connectivity index (χ1) is 13.2. The lowest BCUT2D eigenvalue weighted by Crippen LogP contribution is -2.15. The zero-order valence-electron chi connectivity index (χ0n) is 16.6. The topological polar surface area (TPSA) is 95.6 Å². The molecular formula is C20H24N6OS. The second kappa shape index (κ2) is 8.02. The van der Waals surface area contributed by atoms with Gasteiger partial charge in [0.05, 0.1) is 5.69 Å². The first-order valence-electron chi connectivity index (χ1n) is 8.93. The lowest BCUT2D eigenvalue weighted by atomic mass is 9.92. The summed E-state index contributed by atoms with van der Waals surface area (Å²) in [6.45, 7) is 9.80. The molecule has 2 aromatic heterocycles. The van der Waals surface area contributed by atoms with Crippen LogP contribution in [0.5, 0.6) is 0 Å². The van der Waals surface area contributed by atoms with E-state index < -0.39 is 0 Å². The monoisotopic (exact) mass is 396 g/mol. The van der Waals surface area contributed by atoms with Crippen molar-refractivity contribution in [2.24, 2.45) is 0 Å². The first-order valence-corrected chi connectivity index (χ1v) is 9.75. The molecule has 0 aliphatic carbocycles. The van der Waals surface area contributed by atoms with E-state index in [-0.39, 0.29) is 11.3 Å². The normalized spacial score (nSPS) is 11.3. The summed E-state index contributed by atoms with van der Waals surface area (Å²) < 4.78 is 0. The molecule has 0 saturated carbocycles. The average molecular weight is 397 g/mol. The van der Waals surface area contributed by atoms with Gasteiger partial charge in [-0.15, -0.1) is 0 Å². The van der Waals surface area contributed by atoms with E-state index in [0.29, 0.717) is 16.8 Å². The van der Waals surface area contributed by atoms with Gasteiger partial charge in [-0.2, -0.15) is 5.10 Å². The van der Waals surface area contributed by atoms with Gasteiger partial charge in [-0.3, -0.25) is 9.89 Å². The minimum absolute atomic E-state index is 0.0917. The predicted molar refractivity (Wildman–Crippen MR) is 112 cm³/mol. The van der Waals surface area contributed by atoms with Crippen LogP contribution in [0.3, 0.4) is 0 Å². The van der Waals surface area contributed by atoms with Crippen LogP contribution in [0.2, 0.25) is 0 Å². The maximum Gasteiger partial charge on any atom is 0.221 e. The molecule has 0 atom stereocenters. The molecular weight excluding hydrogens is 372 g/mol. The molecule has 1 aromatic carbocycles. The van der Waals surface area contributed by atoms with Gasteiger partial charge in [0.25, 0.3) is 0 Å². The van der Waals surface area contributed by atoms with Gasteiger partial charge in [0.2, 0.25) is 5.91 Å². The van der Waals surface area contributed by atoms with E-state index in [9.17, 15) is 4.79 Å². The van der Waals surface area contributed by atoms with E-state index >= 15 is 0 Å². The van der Waals surface area contributed by atoms with Gasteiger partial charge >= 0.3 is 0 Å². The van der Waals surface area contributed by atoms with Gasteiger partial charge in [0.1, 0.15) is 5.82 Å². The van der Waals surface area contributed by atoms with E-state index in [2.05, 4.69) is 46.6 Å². The molecule has 7 nitrogen and oxygen atoms in total. The molecule has 8 heteroatoms. The summed E-state index contributed by atoms with van der Waals surface area (Å²) in [5.41, 5.74) is 2.55. The summed E-state index contributed by atoms with van der Waals surface area (Å²) in [4.78, 5) is 21.5. The molecule has 3 N–H and O–H groups in total. The fraction of sp³-hybridized carbons (Fsp3) is 0.300. The van der Waals surface area contributed by atoms with Crippen molar-refractivity contribution in [1.29, 1.82) is 0 Å². The maximum absolute atomic E-state index is 11.2. The molecule has 28 heavy (non-hydrogen) atoms. The second-order valence-electron chi connectivity index (χ2n) is 7.54. The van der Waals surface area contributed by atoms with Crippen molar-refractivity contribution >= 4 is 35.0 Å². The smallest absolute Gasteiger partial charge is 0.221 e. The number of aryl methyl sites for hydroxylation is 1. The molecule has 0 fully saturated rings. The van der Waals surface area contributed by atoms with E-state index in [1.807, 2.05) is 43.3 Å². The van der Waals surface area contributed by atoms with Crippen molar-refractivity contribution in [3.63, 3.8) is 0 Å². The standard InChI is InChI=1S/C20H24N6OS/c1-12-10-18(26-25-12)23-17-11-16(20(3,4)5)22-19(24-17)28-15-8-6-14(7-9-15)21-13(2)27/h6-11H,1-5H3,(H,21,27)(H2,22,23,24,25,26). The van der Waals surface area contributed by atoms with Crippen molar-refractivity contribution in [3.05, 3.63) is 47.8 Å². The number of hydrogen-bond donors (Lipinski definition) is 3. The third-order valence-corrected chi connectivity index (χ3v) is 4.69. The molecule has 0 unspecified atom stereocenters. The predicted octanol–water partition coefficient (Wildman–Crippen LogP) is 4.66. The van der Waals surface area contributed by atoms with Crippen LogP contribution in [0, 0.1) is 6.92 Å². The largest absolute Gasteiger partial charge is 0.326 e. The second-order valence-corrected chi connectivity index (χ2v) is 8.58. The highest BCUT2D eigenvalue weighted by Crippen LogP contribution is 2.30. The number of carbonyl (C=O) groups excluding carboxylic acids is 1. The van der Waals surface area contributed by atoms with Crippen molar-refractivity contribution in [3.8, 4) is 0 Å². The molecule has 0 bridgehead atoms. The number of hydrogen-bond acceptors (Lipinski definition) is 6. The number of anilines is 3. The number of aromatic nitrogens is 4. The Kier molecular flexibility index (Phi) is 5.69. The van der Waals surface area contributed by atoms with Crippen LogP contribution in [0.15, 0.2) is 46.5 Å². The van der Waals surface area contributed by atoms with Crippen LogP contribution < -0.4 is 10.6 Å². The lowest BCUT2D eigenvalue weighted by molar-refractivity contribution is -0.114. The van der Waals surface area contributed by atoms with Crippen LogP contribution in [0.1, 0.15) is 39.1 Å². The number of amides is 1. The summed E-state index contributed by atoms with van der Waals surface area (Å²) in [5.74, 6) is 1.32. The van der Waals surface area contributed by atoms with Crippen LogP contribution in [-0.4, -0.2) is 26.1 Å². The highest BCUT2D eigenvalue weighted by atomic mass is 32.2. The Morgan fingerprint density at radius 1 is 1.07 bits per heavy atom. The Labute approximate surface area is 168 Å². The summed E-state index contributed by atoms with van der Waals surface area (Å²) in [7, 11) is 0. The number of nitrogens with one attached hydrogen (secondary N) is 3. The highest BCUT2D eigenvalue weighted by molar-refractivity contribution is 7.99. The molecule has 0 aliphatic heterocycles.